The second-order valence-corrected chi connectivity index (χ2v) is 8.15. The van der Waals surface area contributed by atoms with Crippen molar-refractivity contribution < 1.29 is 27.2 Å². The van der Waals surface area contributed by atoms with E-state index >= 15 is 0 Å². The summed E-state index contributed by atoms with van der Waals surface area (Å²) in [5.41, 5.74) is 2.18. The molecule has 2 aromatic heterocycles. The van der Waals surface area contributed by atoms with E-state index in [-0.39, 0.29) is 17.1 Å². The number of allylic oxidation sites excluding steroid dienone is 1. The van der Waals surface area contributed by atoms with Gasteiger partial charge in [0.2, 0.25) is 0 Å². The van der Waals surface area contributed by atoms with Gasteiger partial charge in [-0.25, -0.2) is 0 Å². The van der Waals surface area contributed by atoms with Crippen LogP contribution in [-0.2, 0) is 6.18 Å². The van der Waals surface area contributed by atoms with E-state index in [1.165, 1.54) is 18.2 Å². The van der Waals surface area contributed by atoms with Crippen molar-refractivity contribution in [3.05, 3.63) is 101 Å². The molecule has 0 amide bonds. The summed E-state index contributed by atoms with van der Waals surface area (Å²) in [6, 6.07) is 19.0. The molecule has 166 valence electrons. The standard InChI is InChI=1S/C27H14F3NO3/c28-27(29,30)17-7-5-14(6-8-17)23-13-22-24(34-23)12-18(31-22)11-21-25(32)19-9-15-3-1-2-4-16(15)10-20(19)26(21)33/h1-13,31H. The topological polar surface area (TPSA) is 63.1 Å². The zero-order chi connectivity index (χ0) is 23.6. The van der Waals surface area contributed by atoms with Crippen LogP contribution in [0.3, 0.4) is 0 Å². The Morgan fingerprint density at radius 1 is 0.794 bits per heavy atom. The largest absolute Gasteiger partial charge is 0.454 e. The molecule has 3 aromatic carbocycles. The number of alkyl halides is 3. The van der Waals surface area contributed by atoms with Gasteiger partial charge >= 0.3 is 6.18 Å². The molecule has 34 heavy (non-hydrogen) atoms. The van der Waals surface area contributed by atoms with Gasteiger partial charge in [-0.3, -0.25) is 9.59 Å². The number of aromatic nitrogens is 1. The van der Waals surface area contributed by atoms with Crippen molar-refractivity contribution in [3.8, 4) is 11.3 Å². The number of fused-ring (bicyclic) bond motifs is 3. The van der Waals surface area contributed by atoms with Crippen molar-refractivity contribution in [2.45, 2.75) is 6.18 Å². The zero-order valence-electron chi connectivity index (χ0n) is 17.4. The molecule has 1 aliphatic rings. The molecule has 0 unspecified atom stereocenters. The number of Topliss-reactive ketones (excluding diaryl/α,β-unsaturated/α-hetero) is 2. The fraction of sp³-hybridized carbons (Fsp3) is 0.0370. The molecule has 4 nitrogen and oxygen atoms in total. The summed E-state index contributed by atoms with van der Waals surface area (Å²) in [5.74, 6) is -0.258. The number of aromatic amines is 1. The second-order valence-electron chi connectivity index (χ2n) is 8.15. The molecule has 0 fully saturated rings. The van der Waals surface area contributed by atoms with Crippen molar-refractivity contribution in [1.29, 1.82) is 0 Å². The lowest BCUT2D eigenvalue weighted by atomic mass is 10.0. The van der Waals surface area contributed by atoms with E-state index in [0.717, 1.165) is 22.9 Å². The number of H-pyrrole nitrogens is 1. The van der Waals surface area contributed by atoms with Gasteiger partial charge in [-0.2, -0.15) is 13.2 Å². The zero-order valence-corrected chi connectivity index (χ0v) is 17.4. The quantitative estimate of drug-likeness (QED) is 0.228. The first kappa shape index (κ1) is 20.2. The van der Waals surface area contributed by atoms with Gasteiger partial charge in [0.15, 0.2) is 17.1 Å². The number of ketones is 2. The minimum Gasteiger partial charge on any atom is -0.454 e. The van der Waals surface area contributed by atoms with Crippen LogP contribution in [0.4, 0.5) is 13.2 Å². The van der Waals surface area contributed by atoms with Gasteiger partial charge in [0.1, 0.15) is 5.76 Å². The van der Waals surface area contributed by atoms with Gasteiger partial charge < -0.3 is 9.40 Å². The van der Waals surface area contributed by atoms with E-state index < -0.39 is 11.7 Å². The molecular formula is C27H14F3NO3. The lowest BCUT2D eigenvalue weighted by Crippen LogP contribution is -2.03. The molecule has 0 spiro atoms. The van der Waals surface area contributed by atoms with Crippen molar-refractivity contribution in [3.63, 3.8) is 0 Å². The van der Waals surface area contributed by atoms with Gasteiger partial charge in [-0.05, 0) is 41.1 Å². The molecule has 0 bridgehead atoms. The summed E-state index contributed by atoms with van der Waals surface area (Å²) in [6.07, 6.45) is -2.90. The summed E-state index contributed by atoms with van der Waals surface area (Å²) in [6.45, 7) is 0. The number of rotatable bonds is 2. The molecule has 0 radical (unpaired) electrons. The molecule has 1 aliphatic carbocycles. The van der Waals surface area contributed by atoms with Crippen molar-refractivity contribution in [1.82, 2.24) is 4.98 Å². The fourth-order valence-electron chi connectivity index (χ4n) is 4.28. The lowest BCUT2D eigenvalue weighted by molar-refractivity contribution is -0.137. The molecular weight excluding hydrogens is 443 g/mol. The number of nitrogens with one attached hydrogen (secondary N) is 1. The van der Waals surface area contributed by atoms with Gasteiger partial charge in [-0.1, -0.05) is 36.4 Å². The van der Waals surface area contributed by atoms with E-state index in [4.69, 9.17) is 4.42 Å². The molecule has 2 heterocycles. The van der Waals surface area contributed by atoms with E-state index in [1.807, 2.05) is 24.3 Å². The molecule has 5 aromatic rings. The Hall–Kier alpha value is -4.39. The normalized spacial score (nSPS) is 13.8. The highest BCUT2D eigenvalue weighted by Crippen LogP contribution is 2.35. The predicted molar refractivity (Wildman–Crippen MR) is 122 cm³/mol. The predicted octanol–water partition coefficient (Wildman–Crippen LogP) is 7.06. The van der Waals surface area contributed by atoms with Crippen molar-refractivity contribution in [2.75, 3.05) is 0 Å². The Bertz CT molecular complexity index is 1580. The number of benzene rings is 3. The smallest absolute Gasteiger partial charge is 0.416 e. The number of furan rings is 1. The summed E-state index contributed by atoms with van der Waals surface area (Å²) >= 11 is 0. The van der Waals surface area contributed by atoms with Gasteiger partial charge in [0, 0.05) is 34.5 Å². The van der Waals surface area contributed by atoms with E-state index in [2.05, 4.69) is 4.98 Å². The van der Waals surface area contributed by atoms with Crippen molar-refractivity contribution >= 4 is 39.5 Å². The Morgan fingerprint density at radius 3 is 1.97 bits per heavy atom. The first-order chi connectivity index (χ1) is 16.3. The highest BCUT2D eigenvalue weighted by molar-refractivity contribution is 6.42. The van der Waals surface area contributed by atoms with Gasteiger partial charge in [-0.15, -0.1) is 0 Å². The molecule has 0 saturated heterocycles. The number of carbonyl (C=O) groups excluding carboxylic acids is 2. The highest BCUT2D eigenvalue weighted by Gasteiger charge is 2.33. The van der Waals surface area contributed by atoms with Crippen LogP contribution in [0.5, 0.6) is 0 Å². The average molecular weight is 457 g/mol. The van der Waals surface area contributed by atoms with E-state index in [0.29, 0.717) is 39.2 Å². The number of halogens is 3. The van der Waals surface area contributed by atoms with Crippen LogP contribution in [0.1, 0.15) is 32.0 Å². The first-order valence-corrected chi connectivity index (χ1v) is 10.4. The maximum absolute atomic E-state index is 12.9. The minimum absolute atomic E-state index is 0.0668. The number of hydrogen-bond donors (Lipinski definition) is 1. The SMILES string of the molecule is O=C1C(=Cc2cc3oc(-c4ccc(C(F)(F)F)cc4)cc3[nH]2)C(=O)c2cc3ccccc3cc21. The van der Waals surface area contributed by atoms with Crippen LogP contribution in [0.25, 0.3) is 39.3 Å². The van der Waals surface area contributed by atoms with Crippen molar-refractivity contribution in [2.24, 2.45) is 0 Å². The maximum atomic E-state index is 12.9. The molecule has 7 heteroatoms. The Labute approximate surface area is 190 Å². The third-order valence-electron chi connectivity index (χ3n) is 5.99. The van der Waals surface area contributed by atoms with Crippen LogP contribution in [0.15, 0.2) is 82.8 Å². The van der Waals surface area contributed by atoms with Gasteiger partial charge in [0.05, 0.1) is 16.7 Å². The Kier molecular flexibility index (Phi) is 4.20. The summed E-state index contributed by atoms with van der Waals surface area (Å²) in [7, 11) is 0. The summed E-state index contributed by atoms with van der Waals surface area (Å²) in [5, 5.41) is 1.77. The molecule has 0 saturated carbocycles. The summed E-state index contributed by atoms with van der Waals surface area (Å²) < 4.78 is 44.1. The third-order valence-corrected chi connectivity index (χ3v) is 5.99. The van der Waals surface area contributed by atoms with E-state index in [9.17, 15) is 22.8 Å². The van der Waals surface area contributed by atoms with Crippen LogP contribution in [-0.4, -0.2) is 16.6 Å². The Morgan fingerprint density at radius 2 is 1.41 bits per heavy atom. The lowest BCUT2D eigenvalue weighted by Gasteiger charge is -2.06. The first-order valence-electron chi connectivity index (χ1n) is 10.4. The number of carbonyl (C=O) groups is 2. The van der Waals surface area contributed by atoms with Crippen LogP contribution in [0.2, 0.25) is 0 Å². The van der Waals surface area contributed by atoms with Crippen LogP contribution >= 0.6 is 0 Å². The second kappa shape index (κ2) is 7.05. The molecule has 0 atom stereocenters. The van der Waals surface area contributed by atoms with Crippen LogP contribution < -0.4 is 0 Å². The Balaban J connectivity index is 1.32. The molecule has 0 aliphatic heterocycles. The molecule has 6 rings (SSSR count). The monoisotopic (exact) mass is 457 g/mol. The average Bonchev–Trinajstić information content (AvgIpc) is 3.45. The minimum atomic E-state index is -4.41. The molecule has 1 N–H and O–H groups in total. The fourth-order valence-corrected chi connectivity index (χ4v) is 4.28. The third kappa shape index (κ3) is 3.16. The van der Waals surface area contributed by atoms with Gasteiger partial charge in [0.25, 0.3) is 0 Å². The summed E-state index contributed by atoms with van der Waals surface area (Å²) in [4.78, 5) is 29.0. The maximum Gasteiger partial charge on any atom is 0.416 e. The highest BCUT2D eigenvalue weighted by atomic mass is 19.4. The van der Waals surface area contributed by atoms with E-state index in [1.54, 1.807) is 24.3 Å². The number of hydrogen-bond acceptors (Lipinski definition) is 3. The van der Waals surface area contributed by atoms with Crippen LogP contribution in [0, 0.1) is 0 Å².